The van der Waals surface area contributed by atoms with E-state index < -0.39 is 5.60 Å². The largest absolute Gasteiger partial charge is 0.379 e. The molecule has 0 saturated carbocycles. The molecule has 0 unspecified atom stereocenters. The maximum Gasteiger partial charge on any atom is 0.126 e. The van der Waals surface area contributed by atoms with E-state index in [1.54, 1.807) is 0 Å². The third-order valence-electron chi connectivity index (χ3n) is 3.82. The fourth-order valence-electron chi connectivity index (χ4n) is 2.83. The van der Waals surface area contributed by atoms with Crippen molar-refractivity contribution in [1.82, 2.24) is 0 Å². The Balaban J connectivity index is 2.10. The topological polar surface area (TPSA) is 20.2 Å². The van der Waals surface area contributed by atoms with Crippen molar-refractivity contribution in [1.29, 1.82) is 0 Å². The van der Waals surface area contributed by atoms with Gasteiger partial charge in [0.15, 0.2) is 0 Å². The molecule has 2 aromatic carbocycles. The Kier molecular flexibility index (Phi) is 3.63. The highest BCUT2D eigenvalue weighted by Crippen LogP contribution is 2.44. The van der Waals surface area contributed by atoms with Crippen molar-refractivity contribution >= 4 is 11.8 Å². The lowest BCUT2D eigenvalue weighted by atomic mass is 9.82. The zero-order chi connectivity index (χ0) is 13.1. The number of hydrogen-bond donors (Lipinski definition) is 1. The van der Waals surface area contributed by atoms with Crippen LogP contribution >= 0.6 is 11.8 Å². The van der Waals surface area contributed by atoms with Gasteiger partial charge in [0.1, 0.15) is 5.60 Å². The monoisotopic (exact) mass is 270 g/mol. The third kappa shape index (κ3) is 2.31. The van der Waals surface area contributed by atoms with Gasteiger partial charge in [-0.1, -0.05) is 60.7 Å². The Morgan fingerprint density at radius 2 is 1.42 bits per heavy atom. The lowest BCUT2D eigenvalue weighted by Crippen LogP contribution is -2.37. The van der Waals surface area contributed by atoms with E-state index in [1.807, 2.05) is 72.4 Å². The fraction of sp³-hybridized carbons (Fsp3) is 0.294. The van der Waals surface area contributed by atoms with Crippen molar-refractivity contribution in [3.8, 4) is 0 Å². The van der Waals surface area contributed by atoms with Gasteiger partial charge in [0.2, 0.25) is 0 Å². The van der Waals surface area contributed by atoms with E-state index in [-0.39, 0.29) is 5.25 Å². The summed E-state index contributed by atoms with van der Waals surface area (Å²) < 4.78 is 0. The second-order valence-corrected chi connectivity index (χ2v) is 6.31. The van der Waals surface area contributed by atoms with Crippen LogP contribution in [0, 0.1) is 0 Å². The number of benzene rings is 2. The molecule has 1 atom stereocenters. The molecule has 0 amide bonds. The highest BCUT2D eigenvalue weighted by Gasteiger charge is 2.41. The summed E-state index contributed by atoms with van der Waals surface area (Å²) in [5, 5.41) is 11.7. The van der Waals surface area contributed by atoms with Gasteiger partial charge in [-0.3, -0.25) is 0 Å². The van der Waals surface area contributed by atoms with Crippen LogP contribution in [0.1, 0.15) is 24.0 Å². The van der Waals surface area contributed by atoms with E-state index in [4.69, 9.17) is 0 Å². The average molecular weight is 270 g/mol. The van der Waals surface area contributed by atoms with Crippen molar-refractivity contribution < 1.29 is 5.11 Å². The molecule has 1 saturated heterocycles. The molecule has 1 heterocycles. The maximum absolute atomic E-state index is 11.4. The molecule has 1 aliphatic rings. The van der Waals surface area contributed by atoms with Gasteiger partial charge < -0.3 is 5.11 Å². The van der Waals surface area contributed by atoms with Crippen LogP contribution in [0.3, 0.4) is 0 Å². The molecule has 0 aliphatic carbocycles. The van der Waals surface area contributed by atoms with Crippen molar-refractivity contribution in [2.24, 2.45) is 0 Å². The minimum atomic E-state index is -0.871. The molecule has 98 valence electrons. The van der Waals surface area contributed by atoms with E-state index in [9.17, 15) is 5.11 Å². The second kappa shape index (κ2) is 5.40. The van der Waals surface area contributed by atoms with Gasteiger partial charge in [-0.2, -0.15) is 11.8 Å². The first-order valence-electron chi connectivity index (χ1n) is 6.77. The summed E-state index contributed by atoms with van der Waals surface area (Å²) in [5.74, 6) is 1.15. The van der Waals surface area contributed by atoms with E-state index >= 15 is 0 Å². The average Bonchev–Trinajstić information content (AvgIpc) is 3.03. The van der Waals surface area contributed by atoms with E-state index in [2.05, 4.69) is 0 Å². The SMILES string of the molecule is OC(c1ccccc1)(c1ccccc1)[C@@H]1CCCS1. The molecule has 0 spiro atoms. The van der Waals surface area contributed by atoms with Gasteiger partial charge in [-0.25, -0.2) is 0 Å². The molecular weight excluding hydrogens is 252 g/mol. The zero-order valence-corrected chi connectivity index (χ0v) is 11.6. The van der Waals surface area contributed by atoms with Crippen LogP contribution in [0.15, 0.2) is 60.7 Å². The maximum atomic E-state index is 11.4. The minimum absolute atomic E-state index is 0.248. The Morgan fingerprint density at radius 1 is 0.895 bits per heavy atom. The quantitative estimate of drug-likeness (QED) is 0.915. The van der Waals surface area contributed by atoms with E-state index in [1.165, 1.54) is 6.42 Å². The first kappa shape index (κ1) is 12.8. The smallest absolute Gasteiger partial charge is 0.126 e. The molecule has 0 radical (unpaired) electrons. The summed E-state index contributed by atoms with van der Waals surface area (Å²) in [6, 6.07) is 20.1. The summed E-state index contributed by atoms with van der Waals surface area (Å²) in [7, 11) is 0. The van der Waals surface area contributed by atoms with Crippen LogP contribution in [-0.4, -0.2) is 16.1 Å². The van der Waals surface area contributed by atoms with Crippen molar-refractivity contribution in [2.45, 2.75) is 23.7 Å². The molecular formula is C17H18OS. The normalized spacial score (nSPS) is 19.5. The molecule has 2 aromatic rings. The molecule has 2 heteroatoms. The molecule has 0 bridgehead atoms. The van der Waals surface area contributed by atoms with Gasteiger partial charge in [-0.15, -0.1) is 0 Å². The number of rotatable bonds is 3. The highest BCUT2D eigenvalue weighted by molar-refractivity contribution is 8.00. The Hall–Kier alpha value is -1.25. The number of hydrogen-bond acceptors (Lipinski definition) is 2. The predicted molar refractivity (Wildman–Crippen MR) is 81.4 cm³/mol. The van der Waals surface area contributed by atoms with Gasteiger partial charge in [-0.05, 0) is 29.7 Å². The first-order chi connectivity index (χ1) is 9.32. The van der Waals surface area contributed by atoms with E-state index in [0.29, 0.717) is 0 Å². The van der Waals surface area contributed by atoms with Gasteiger partial charge >= 0.3 is 0 Å². The third-order valence-corrected chi connectivity index (χ3v) is 5.33. The summed E-state index contributed by atoms with van der Waals surface area (Å²) >= 11 is 1.89. The van der Waals surface area contributed by atoms with Gasteiger partial charge in [0.25, 0.3) is 0 Å². The molecule has 19 heavy (non-hydrogen) atoms. The Morgan fingerprint density at radius 3 is 1.84 bits per heavy atom. The highest BCUT2D eigenvalue weighted by atomic mass is 32.2. The zero-order valence-electron chi connectivity index (χ0n) is 10.8. The molecule has 1 fully saturated rings. The van der Waals surface area contributed by atoms with Crippen molar-refractivity contribution in [3.05, 3.63) is 71.8 Å². The molecule has 1 N–H and O–H groups in total. The molecule has 1 nitrogen and oxygen atoms in total. The lowest BCUT2D eigenvalue weighted by Gasteiger charge is -2.34. The van der Waals surface area contributed by atoms with Crippen LogP contribution in [0.25, 0.3) is 0 Å². The second-order valence-electron chi connectivity index (χ2n) is 5.00. The van der Waals surface area contributed by atoms with E-state index in [0.717, 1.165) is 23.3 Å². The summed E-state index contributed by atoms with van der Waals surface area (Å²) in [6.07, 6.45) is 2.27. The van der Waals surface area contributed by atoms with Crippen LogP contribution in [0.2, 0.25) is 0 Å². The fourth-order valence-corrected chi connectivity index (χ4v) is 4.29. The molecule has 3 rings (SSSR count). The van der Waals surface area contributed by atoms with Crippen LogP contribution in [0.4, 0.5) is 0 Å². The number of aliphatic hydroxyl groups is 1. The molecule has 1 aliphatic heterocycles. The minimum Gasteiger partial charge on any atom is -0.379 e. The first-order valence-corrected chi connectivity index (χ1v) is 7.82. The Labute approximate surface area is 118 Å². The Bertz CT molecular complexity index is 478. The predicted octanol–water partition coefficient (Wildman–Crippen LogP) is 3.82. The van der Waals surface area contributed by atoms with Crippen molar-refractivity contribution in [2.75, 3.05) is 5.75 Å². The van der Waals surface area contributed by atoms with Crippen molar-refractivity contribution in [3.63, 3.8) is 0 Å². The van der Waals surface area contributed by atoms with Crippen LogP contribution < -0.4 is 0 Å². The summed E-state index contributed by atoms with van der Waals surface area (Å²) in [4.78, 5) is 0. The van der Waals surface area contributed by atoms with Gasteiger partial charge in [0.05, 0.1) is 0 Å². The standard InChI is InChI=1S/C17H18OS/c18-17(16-12-7-13-19-16,14-8-3-1-4-9-14)15-10-5-2-6-11-15/h1-6,8-11,16,18H,7,12-13H2/t16-/m0/s1. The summed E-state index contributed by atoms with van der Waals surface area (Å²) in [5.41, 5.74) is 1.13. The summed E-state index contributed by atoms with van der Waals surface area (Å²) in [6.45, 7) is 0. The van der Waals surface area contributed by atoms with Crippen LogP contribution in [-0.2, 0) is 5.60 Å². The van der Waals surface area contributed by atoms with Gasteiger partial charge in [0, 0.05) is 5.25 Å². The number of thioether (sulfide) groups is 1. The lowest BCUT2D eigenvalue weighted by molar-refractivity contribution is 0.0771. The molecule has 0 aromatic heterocycles. The van der Waals surface area contributed by atoms with Crippen LogP contribution in [0.5, 0.6) is 0 Å².